The van der Waals surface area contributed by atoms with Gasteiger partial charge in [0.1, 0.15) is 5.75 Å². The van der Waals surface area contributed by atoms with E-state index in [0.717, 1.165) is 37.1 Å². The van der Waals surface area contributed by atoms with E-state index >= 15 is 0 Å². The van der Waals surface area contributed by atoms with Crippen LogP contribution in [0.25, 0.3) is 0 Å². The molecule has 5 nitrogen and oxygen atoms in total. The molecule has 1 amide bonds. The largest absolute Gasteiger partial charge is 0.497 e. The van der Waals surface area contributed by atoms with Gasteiger partial charge < -0.3 is 9.64 Å². The fourth-order valence-electron chi connectivity index (χ4n) is 3.88. The molecule has 1 saturated heterocycles. The molecule has 0 bridgehead atoms. The summed E-state index contributed by atoms with van der Waals surface area (Å²) in [6, 6.07) is 8.85. The predicted octanol–water partition coefficient (Wildman–Crippen LogP) is 2.08. The van der Waals surface area contributed by atoms with Crippen LogP contribution in [-0.4, -0.2) is 43.6 Å². The quantitative estimate of drug-likeness (QED) is 0.838. The number of methoxy groups -OCH3 is 1. The minimum atomic E-state index is -0.301. The number of hydrogen-bond donors (Lipinski definition) is 2. The molecule has 0 radical (unpaired) electrons. The second kappa shape index (κ2) is 6.73. The molecule has 1 aromatic carbocycles. The van der Waals surface area contributed by atoms with Crippen LogP contribution in [0.3, 0.4) is 0 Å². The average molecular weight is 331 g/mol. The summed E-state index contributed by atoms with van der Waals surface area (Å²) in [4.78, 5) is 14.9. The molecule has 2 aliphatic rings. The van der Waals surface area contributed by atoms with E-state index in [-0.39, 0.29) is 11.3 Å². The van der Waals surface area contributed by atoms with Crippen molar-refractivity contribution in [3.63, 3.8) is 0 Å². The summed E-state index contributed by atoms with van der Waals surface area (Å²) in [5.41, 5.74) is 7.39. The van der Waals surface area contributed by atoms with Gasteiger partial charge in [-0.25, -0.2) is 0 Å². The number of hydrazine groups is 1. The van der Waals surface area contributed by atoms with Crippen molar-refractivity contribution < 1.29 is 9.53 Å². The van der Waals surface area contributed by atoms with Crippen molar-refractivity contribution in [3.05, 3.63) is 29.8 Å². The molecule has 132 valence electrons. The zero-order valence-electron chi connectivity index (χ0n) is 15.1. The molecule has 2 atom stereocenters. The first-order valence-corrected chi connectivity index (χ1v) is 8.89. The Morgan fingerprint density at radius 1 is 1.21 bits per heavy atom. The third kappa shape index (κ3) is 3.15. The van der Waals surface area contributed by atoms with Crippen LogP contribution in [0.4, 0.5) is 0 Å². The van der Waals surface area contributed by atoms with Crippen LogP contribution in [0.15, 0.2) is 24.3 Å². The van der Waals surface area contributed by atoms with Crippen molar-refractivity contribution >= 4 is 5.91 Å². The lowest BCUT2D eigenvalue weighted by Gasteiger charge is -2.26. The van der Waals surface area contributed by atoms with Crippen LogP contribution in [0.1, 0.15) is 38.7 Å². The number of rotatable bonds is 6. The first-order valence-electron chi connectivity index (χ1n) is 8.89. The topological polar surface area (TPSA) is 53.6 Å². The van der Waals surface area contributed by atoms with Gasteiger partial charge in [-0.15, -0.1) is 0 Å². The highest BCUT2D eigenvalue weighted by molar-refractivity contribution is 5.91. The molecule has 2 N–H and O–H groups in total. The van der Waals surface area contributed by atoms with Crippen LogP contribution in [0.2, 0.25) is 0 Å². The van der Waals surface area contributed by atoms with Gasteiger partial charge in [0.15, 0.2) is 0 Å². The van der Waals surface area contributed by atoms with E-state index in [0.29, 0.717) is 18.0 Å². The minimum absolute atomic E-state index is 0.256. The standard InChI is InChI=1S/C19H29N3O2/c1-13-17(14(2)21-20-13)9-12-22(3)18(23)19(10-11-19)15-5-7-16(24-4)8-6-15/h5-8,13-14,17,20-21H,9-12H2,1-4H3. The van der Waals surface area contributed by atoms with Gasteiger partial charge in [0, 0.05) is 25.7 Å². The summed E-state index contributed by atoms with van der Waals surface area (Å²) >= 11 is 0. The number of carbonyl (C=O) groups excluding carboxylic acids is 1. The first-order chi connectivity index (χ1) is 11.5. The number of likely N-dealkylation sites (N-methyl/N-ethyl adjacent to an activating group) is 1. The Morgan fingerprint density at radius 3 is 2.29 bits per heavy atom. The summed E-state index contributed by atoms with van der Waals surface area (Å²) in [6.07, 6.45) is 2.91. The Bertz CT molecular complexity index is 573. The van der Waals surface area contributed by atoms with Gasteiger partial charge in [0.05, 0.1) is 12.5 Å². The molecular weight excluding hydrogens is 302 g/mol. The molecule has 0 spiro atoms. The Hall–Kier alpha value is -1.59. The minimum Gasteiger partial charge on any atom is -0.497 e. The molecule has 1 heterocycles. The van der Waals surface area contributed by atoms with Gasteiger partial charge in [-0.05, 0) is 56.7 Å². The van der Waals surface area contributed by atoms with Gasteiger partial charge >= 0.3 is 0 Å². The summed E-state index contributed by atoms with van der Waals surface area (Å²) in [5, 5.41) is 0. The highest BCUT2D eigenvalue weighted by Gasteiger charge is 2.52. The lowest BCUT2D eigenvalue weighted by Crippen LogP contribution is -2.39. The normalized spacial score (nSPS) is 27.8. The molecule has 24 heavy (non-hydrogen) atoms. The van der Waals surface area contributed by atoms with E-state index in [1.165, 1.54) is 0 Å². The Labute approximate surface area is 144 Å². The monoisotopic (exact) mass is 331 g/mol. The van der Waals surface area contributed by atoms with E-state index in [4.69, 9.17) is 4.74 Å². The van der Waals surface area contributed by atoms with E-state index in [2.05, 4.69) is 24.7 Å². The van der Waals surface area contributed by atoms with Crippen LogP contribution >= 0.6 is 0 Å². The molecule has 1 aliphatic heterocycles. The van der Waals surface area contributed by atoms with Crippen LogP contribution in [0.5, 0.6) is 5.75 Å². The summed E-state index contributed by atoms with van der Waals surface area (Å²) in [5.74, 6) is 1.64. The maximum atomic E-state index is 13.0. The second-order valence-electron chi connectivity index (χ2n) is 7.36. The van der Waals surface area contributed by atoms with Gasteiger partial charge in [0.2, 0.25) is 5.91 Å². The maximum absolute atomic E-state index is 13.0. The Kier molecular flexibility index (Phi) is 4.83. The van der Waals surface area contributed by atoms with E-state index in [1.54, 1.807) is 7.11 Å². The van der Waals surface area contributed by atoms with E-state index in [1.807, 2.05) is 36.2 Å². The highest BCUT2D eigenvalue weighted by Crippen LogP contribution is 2.49. The number of hydrogen-bond acceptors (Lipinski definition) is 4. The lowest BCUT2D eigenvalue weighted by atomic mass is 9.91. The highest BCUT2D eigenvalue weighted by atomic mass is 16.5. The molecular formula is C19H29N3O2. The van der Waals surface area contributed by atoms with Crippen molar-refractivity contribution in [1.82, 2.24) is 15.8 Å². The van der Waals surface area contributed by atoms with Crippen molar-refractivity contribution in [2.45, 2.75) is 50.6 Å². The third-order valence-electron chi connectivity index (χ3n) is 5.77. The molecule has 2 fully saturated rings. The summed E-state index contributed by atoms with van der Waals surface area (Å²) < 4.78 is 5.22. The number of ether oxygens (including phenoxy) is 1. The zero-order valence-corrected chi connectivity index (χ0v) is 15.1. The number of benzene rings is 1. The number of nitrogens with one attached hydrogen (secondary N) is 2. The van der Waals surface area contributed by atoms with Crippen LogP contribution in [-0.2, 0) is 10.2 Å². The predicted molar refractivity (Wildman–Crippen MR) is 94.8 cm³/mol. The van der Waals surface area contributed by atoms with Crippen LogP contribution in [0, 0.1) is 5.92 Å². The molecule has 1 aliphatic carbocycles. The van der Waals surface area contributed by atoms with Crippen molar-refractivity contribution in [3.8, 4) is 5.75 Å². The Balaban J connectivity index is 1.62. The van der Waals surface area contributed by atoms with Gasteiger partial charge in [-0.1, -0.05) is 12.1 Å². The fourth-order valence-corrected chi connectivity index (χ4v) is 3.88. The number of carbonyl (C=O) groups is 1. The average Bonchev–Trinajstić information content (AvgIpc) is 3.35. The van der Waals surface area contributed by atoms with Gasteiger partial charge in [-0.2, -0.15) is 0 Å². The first kappa shape index (κ1) is 17.2. The van der Waals surface area contributed by atoms with Crippen molar-refractivity contribution in [2.75, 3.05) is 20.7 Å². The molecule has 1 aromatic rings. The SMILES string of the molecule is COc1ccc(C2(C(=O)N(C)CCC3C(C)NNC3C)CC2)cc1. The molecule has 5 heteroatoms. The van der Waals surface area contributed by atoms with Gasteiger partial charge in [0.25, 0.3) is 0 Å². The van der Waals surface area contributed by atoms with E-state index in [9.17, 15) is 4.79 Å². The Morgan fingerprint density at radius 2 is 1.79 bits per heavy atom. The van der Waals surface area contributed by atoms with E-state index < -0.39 is 0 Å². The molecule has 0 aromatic heterocycles. The molecule has 2 unspecified atom stereocenters. The molecule has 3 rings (SSSR count). The smallest absolute Gasteiger partial charge is 0.232 e. The summed E-state index contributed by atoms with van der Waals surface area (Å²) in [7, 11) is 3.60. The maximum Gasteiger partial charge on any atom is 0.232 e. The van der Waals surface area contributed by atoms with Crippen LogP contribution < -0.4 is 15.6 Å². The summed E-state index contributed by atoms with van der Waals surface area (Å²) in [6.45, 7) is 5.20. The lowest BCUT2D eigenvalue weighted by molar-refractivity contribution is -0.132. The van der Waals surface area contributed by atoms with Gasteiger partial charge in [-0.3, -0.25) is 15.6 Å². The zero-order chi connectivity index (χ0) is 17.3. The van der Waals surface area contributed by atoms with Crippen molar-refractivity contribution in [1.29, 1.82) is 0 Å². The molecule has 1 saturated carbocycles. The fraction of sp³-hybridized carbons (Fsp3) is 0.632. The number of nitrogens with zero attached hydrogens (tertiary/aromatic N) is 1. The van der Waals surface area contributed by atoms with Crippen molar-refractivity contribution in [2.24, 2.45) is 5.92 Å². The third-order valence-corrected chi connectivity index (χ3v) is 5.77. The number of amides is 1. The second-order valence-corrected chi connectivity index (χ2v) is 7.36.